The van der Waals surface area contributed by atoms with Crippen molar-refractivity contribution in [3.8, 4) is 11.4 Å². The molecular formula is C24H28N4O2. The van der Waals surface area contributed by atoms with E-state index in [9.17, 15) is 9.90 Å². The van der Waals surface area contributed by atoms with Crippen LogP contribution in [0, 0.1) is 6.92 Å². The third-order valence-corrected chi connectivity index (χ3v) is 5.12. The minimum Gasteiger partial charge on any atom is -0.396 e. The number of imidazole rings is 1. The monoisotopic (exact) mass is 404 g/mol. The van der Waals surface area contributed by atoms with Gasteiger partial charge in [-0.3, -0.25) is 4.79 Å². The molecule has 0 aliphatic heterocycles. The smallest absolute Gasteiger partial charge is 0.212 e. The van der Waals surface area contributed by atoms with E-state index in [1.807, 2.05) is 61.3 Å². The van der Waals surface area contributed by atoms with Gasteiger partial charge in [-0.05, 0) is 24.5 Å². The number of carbonyl (C=O) groups excluding carboxylic acids is 1. The lowest BCUT2D eigenvalue weighted by molar-refractivity contribution is -0.105. The van der Waals surface area contributed by atoms with E-state index in [2.05, 4.69) is 28.6 Å². The van der Waals surface area contributed by atoms with Crippen LogP contribution in [0.1, 0.15) is 23.2 Å². The molecule has 6 nitrogen and oxygen atoms in total. The van der Waals surface area contributed by atoms with Crippen LogP contribution in [0.4, 0.5) is 5.82 Å². The average Bonchev–Trinajstić information content (AvgIpc) is 3.10. The molecule has 1 heterocycles. The molecule has 0 radical (unpaired) electrons. The first-order valence-electron chi connectivity index (χ1n) is 9.98. The second kappa shape index (κ2) is 9.89. The second-order valence-corrected chi connectivity index (χ2v) is 7.23. The Morgan fingerprint density at radius 3 is 2.57 bits per heavy atom. The average molecular weight is 405 g/mol. The van der Waals surface area contributed by atoms with Crippen molar-refractivity contribution in [1.82, 2.24) is 14.5 Å². The fourth-order valence-corrected chi connectivity index (χ4v) is 3.47. The summed E-state index contributed by atoms with van der Waals surface area (Å²) in [7, 11) is 1.93. The van der Waals surface area contributed by atoms with Crippen LogP contribution in [-0.2, 0) is 11.3 Å². The Morgan fingerprint density at radius 2 is 1.90 bits per heavy atom. The van der Waals surface area contributed by atoms with E-state index in [0.717, 1.165) is 33.9 Å². The number of anilines is 1. The number of rotatable bonds is 10. The molecule has 156 valence electrons. The summed E-state index contributed by atoms with van der Waals surface area (Å²) in [5.74, 6) is 1.24. The van der Waals surface area contributed by atoms with Crippen LogP contribution in [0.5, 0.6) is 0 Å². The molecule has 2 N–H and O–H groups in total. The number of aryl methyl sites for hydroxylation is 1. The first-order chi connectivity index (χ1) is 14.6. The lowest BCUT2D eigenvalue weighted by Crippen LogP contribution is -2.21. The lowest BCUT2D eigenvalue weighted by Gasteiger charge is -2.23. The molecule has 2 aromatic carbocycles. The number of nitrogens with zero attached hydrogens (tertiary/aromatic N) is 3. The number of aliphatic hydroxyl groups is 1. The highest BCUT2D eigenvalue weighted by atomic mass is 16.3. The highest BCUT2D eigenvalue weighted by Gasteiger charge is 2.23. The van der Waals surface area contributed by atoms with Crippen molar-refractivity contribution in [1.29, 1.82) is 0 Å². The standard InChI is InChI=1S/C24H28N4O2/c1-18-10-7-8-13-21(18)24-26-23(25-17-30)22(19(2)27(3)14-9-15-29)28(24)16-20-11-5-4-6-12-20/h4-8,10-13,17,29H,2,9,14-16H2,1,3H3,(H,25,30). The molecule has 0 spiro atoms. The zero-order chi connectivity index (χ0) is 21.5. The molecule has 0 aliphatic carbocycles. The fourth-order valence-electron chi connectivity index (χ4n) is 3.47. The van der Waals surface area contributed by atoms with Gasteiger partial charge < -0.3 is 19.9 Å². The fraction of sp³-hybridized carbons (Fsp3) is 0.250. The number of benzene rings is 2. The van der Waals surface area contributed by atoms with Crippen LogP contribution in [0.25, 0.3) is 17.1 Å². The predicted molar refractivity (Wildman–Crippen MR) is 121 cm³/mol. The number of aliphatic hydroxyl groups excluding tert-OH is 1. The van der Waals surface area contributed by atoms with Gasteiger partial charge in [0.2, 0.25) is 6.41 Å². The summed E-state index contributed by atoms with van der Waals surface area (Å²) in [4.78, 5) is 18.1. The minimum absolute atomic E-state index is 0.106. The van der Waals surface area contributed by atoms with Crippen molar-refractivity contribution >= 4 is 17.9 Å². The van der Waals surface area contributed by atoms with Crippen LogP contribution in [0.3, 0.4) is 0 Å². The highest BCUT2D eigenvalue weighted by Crippen LogP contribution is 2.33. The first kappa shape index (κ1) is 21.3. The van der Waals surface area contributed by atoms with Crippen LogP contribution >= 0.6 is 0 Å². The van der Waals surface area contributed by atoms with E-state index in [1.165, 1.54) is 0 Å². The maximum absolute atomic E-state index is 11.3. The number of hydrogen-bond donors (Lipinski definition) is 2. The molecule has 0 bridgehead atoms. The van der Waals surface area contributed by atoms with Gasteiger partial charge >= 0.3 is 0 Å². The van der Waals surface area contributed by atoms with Gasteiger partial charge in [0.25, 0.3) is 0 Å². The lowest BCUT2D eigenvalue weighted by atomic mass is 10.1. The van der Waals surface area contributed by atoms with Crippen LogP contribution in [-0.4, -0.2) is 46.2 Å². The van der Waals surface area contributed by atoms with Crippen LogP contribution in [0.2, 0.25) is 0 Å². The Hall–Kier alpha value is -3.38. The number of aromatic nitrogens is 2. The van der Waals surface area contributed by atoms with Crippen molar-refractivity contribution < 1.29 is 9.90 Å². The van der Waals surface area contributed by atoms with E-state index in [1.54, 1.807) is 0 Å². The van der Waals surface area contributed by atoms with Crippen molar-refractivity contribution in [2.75, 3.05) is 25.5 Å². The summed E-state index contributed by atoms with van der Waals surface area (Å²) in [5, 5.41) is 12.0. The van der Waals surface area contributed by atoms with Crippen molar-refractivity contribution in [3.63, 3.8) is 0 Å². The van der Waals surface area contributed by atoms with Crippen molar-refractivity contribution in [2.24, 2.45) is 0 Å². The van der Waals surface area contributed by atoms with E-state index in [0.29, 0.717) is 31.7 Å². The quantitative estimate of drug-likeness (QED) is 0.505. The number of hydrogen-bond acceptors (Lipinski definition) is 4. The molecular weight excluding hydrogens is 376 g/mol. The molecule has 6 heteroatoms. The van der Waals surface area contributed by atoms with Crippen molar-refractivity contribution in [2.45, 2.75) is 19.9 Å². The summed E-state index contributed by atoms with van der Waals surface area (Å²) < 4.78 is 2.10. The summed E-state index contributed by atoms with van der Waals surface area (Å²) in [5.41, 5.74) is 4.70. The Kier molecular flexibility index (Phi) is 7.03. The number of carbonyl (C=O) groups is 1. The van der Waals surface area contributed by atoms with E-state index in [4.69, 9.17) is 4.98 Å². The van der Waals surface area contributed by atoms with Crippen LogP contribution < -0.4 is 5.32 Å². The molecule has 1 amide bonds. The molecule has 0 unspecified atom stereocenters. The zero-order valence-electron chi connectivity index (χ0n) is 17.5. The molecule has 0 saturated carbocycles. The highest BCUT2D eigenvalue weighted by molar-refractivity contribution is 5.81. The van der Waals surface area contributed by atoms with Gasteiger partial charge in [-0.15, -0.1) is 0 Å². The van der Waals surface area contributed by atoms with Crippen molar-refractivity contribution in [3.05, 3.63) is 78.0 Å². The Morgan fingerprint density at radius 1 is 1.20 bits per heavy atom. The van der Waals surface area contributed by atoms with Gasteiger partial charge in [0.15, 0.2) is 5.82 Å². The molecule has 0 fully saturated rings. The maximum atomic E-state index is 11.3. The molecule has 3 rings (SSSR count). The third kappa shape index (κ3) is 4.60. The largest absolute Gasteiger partial charge is 0.396 e. The van der Waals surface area contributed by atoms with Gasteiger partial charge in [0.1, 0.15) is 11.5 Å². The Labute approximate surface area is 177 Å². The summed E-state index contributed by atoms with van der Waals surface area (Å²) in [6, 6.07) is 18.2. The first-order valence-corrected chi connectivity index (χ1v) is 9.98. The predicted octanol–water partition coefficient (Wildman–Crippen LogP) is 3.76. The third-order valence-electron chi connectivity index (χ3n) is 5.12. The van der Waals surface area contributed by atoms with E-state index in [-0.39, 0.29) is 6.61 Å². The molecule has 0 saturated heterocycles. The summed E-state index contributed by atoms with van der Waals surface area (Å²) in [6.45, 7) is 7.66. The number of nitrogens with one attached hydrogen (secondary N) is 1. The molecule has 0 aliphatic rings. The zero-order valence-corrected chi connectivity index (χ0v) is 17.5. The van der Waals surface area contributed by atoms with Crippen LogP contribution in [0.15, 0.2) is 61.2 Å². The van der Waals surface area contributed by atoms with Gasteiger partial charge in [-0.2, -0.15) is 0 Å². The van der Waals surface area contributed by atoms with Gasteiger partial charge in [0, 0.05) is 32.3 Å². The topological polar surface area (TPSA) is 70.4 Å². The van der Waals surface area contributed by atoms with E-state index >= 15 is 0 Å². The summed E-state index contributed by atoms with van der Waals surface area (Å²) >= 11 is 0. The summed E-state index contributed by atoms with van der Waals surface area (Å²) in [6.07, 6.45) is 1.27. The SMILES string of the molecule is C=C(c1c(NC=O)nc(-c2ccccc2C)n1Cc1ccccc1)N(C)CCCO. The Bertz CT molecular complexity index is 1010. The van der Waals surface area contributed by atoms with E-state index < -0.39 is 0 Å². The van der Waals surface area contributed by atoms with Gasteiger partial charge in [0.05, 0.1) is 5.70 Å². The normalized spacial score (nSPS) is 10.6. The van der Waals surface area contributed by atoms with Gasteiger partial charge in [-0.25, -0.2) is 4.98 Å². The molecule has 0 atom stereocenters. The molecule has 1 aromatic heterocycles. The van der Waals surface area contributed by atoms with Gasteiger partial charge in [-0.1, -0.05) is 61.2 Å². The Balaban J connectivity index is 2.18. The maximum Gasteiger partial charge on any atom is 0.212 e. The minimum atomic E-state index is 0.106. The molecule has 30 heavy (non-hydrogen) atoms. The number of amides is 1. The second-order valence-electron chi connectivity index (χ2n) is 7.23. The molecule has 3 aromatic rings.